The molecule has 0 saturated heterocycles. The van der Waals surface area contributed by atoms with Gasteiger partial charge >= 0.3 is 0 Å². The second-order valence-electron chi connectivity index (χ2n) is 3.18. The molecule has 0 radical (unpaired) electrons. The number of carbonyl (C=O) groups excluding carboxylic acids is 1. The van der Waals surface area contributed by atoms with Crippen molar-refractivity contribution in [3.05, 3.63) is 36.2 Å². The Kier molecular flexibility index (Phi) is 2.95. The van der Waals surface area contributed by atoms with Gasteiger partial charge in [-0.1, -0.05) is 0 Å². The normalized spacial score (nSPS) is 10.1. The fraction of sp³-hybridized carbons (Fsp3) is 0.182. The number of benzene rings is 1. The van der Waals surface area contributed by atoms with Gasteiger partial charge in [-0.05, 0) is 31.2 Å². The highest BCUT2D eigenvalue weighted by Gasteiger charge is 2.06. The molecule has 5 heteroatoms. The van der Waals surface area contributed by atoms with Crippen molar-refractivity contribution in [1.29, 1.82) is 0 Å². The summed E-state index contributed by atoms with van der Waals surface area (Å²) in [5.41, 5.74) is 1.41. The SMILES string of the molecule is CCNC(=O)c1ccc(-c2nnco2)cc1. The molecule has 82 valence electrons. The van der Waals surface area contributed by atoms with Gasteiger partial charge < -0.3 is 9.73 Å². The Morgan fingerprint density at radius 3 is 2.69 bits per heavy atom. The summed E-state index contributed by atoms with van der Waals surface area (Å²) in [6.45, 7) is 2.49. The topological polar surface area (TPSA) is 68.0 Å². The van der Waals surface area contributed by atoms with Crippen molar-refractivity contribution in [2.45, 2.75) is 6.92 Å². The lowest BCUT2D eigenvalue weighted by molar-refractivity contribution is 0.0956. The van der Waals surface area contributed by atoms with Gasteiger partial charge in [-0.3, -0.25) is 4.79 Å². The second kappa shape index (κ2) is 4.57. The van der Waals surface area contributed by atoms with Crippen LogP contribution in [0.15, 0.2) is 35.1 Å². The van der Waals surface area contributed by atoms with E-state index < -0.39 is 0 Å². The van der Waals surface area contributed by atoms with Gasteiger partial charge in [-0.15, -0.1) is 10.2 Å². The summed E-state index contributed by atoms with van der Waals surface area (Å²) in [6.07, 6.45) is 1.27. The summed E-state index contributed by atoms with van der Waals surface area (Å²) >= 11 is 0. The van der Waals surface area contributed by atoms with Crippen LogP contribution >= 0.6 is 0 Å². The van der Waals surface area contributed by atoms with Gasteiger partial charge in [0, 0.05) is 17.7 Å². The number of amides is 1. The average Bonchev–Trinajstić information content (AvgIpc) is 2.83. The number of hydrogen-bond acceptors (Lipinski definition) is 4. The minimum Gasteiger partial charge on any atom is -0.423 e. The molecule has 1 amide bonds. The lowest BCUT2D eigenvalue weighted by Crippen LogP contribution is -2.22. The van der Waals surface area contributed by atoms with Crippen molar-refractivity contribution in [2.24, 2.45) is 0 Å². The molecule has 0 atom stereocenters. The Labute approximate surface area is 92.5 Å². The molecule has 1 aromatic carbocycles. The summed E-state index contributed by atoms with van der Waals surface area (Å²) in [4.78, 5) is 11.5. The van der Waals surface area contributed by atoms with Gasteiger partial charge in [0.2, 0.25) is 12.3 Å². The van der Waals surface area contributed by atoms with Gasteiger partial charge in [0.1, 0.15) is 0 Å². The Morgan fingerprint density at radius 1 is 1.38 bits per heavy atom. The number of hydrogen-bond donors (Lipinski definition) is 1. The number of nitrogens with zero attached hydrogens (tertiary/aromatic N) is 2. The van der Waals surface area contributed by atoms with Crippen LogP contribution in [0.4, 0.5) is 0 Å². The molecule has 0 aliphatic rings. The van der Waals surface area contributed by atoms with Gasteiger partial charge in [0.15, 0.2) is 0 Å². The lowest BCUT2D eigenvalue weighted by Gasteiger charge is -2.02. The largest absolute Gasteiger partial charge is 0.423 e. The number of rotatable bonds is 3. The quantitative estimate of drug-likeness (QED) is 0.845. The van der Waals surface area contributed by atoms with Crippen LogP contribution in [0.5, 0.6) is 0 Å². The number of carbonyl (C=O) groups is 1. The fourth-order valence-corrected chi connectivity index (χ4v) is 1.33. The number of aromatic nitrogens is 2. The molecule has 0 aliphatic carbocycles. The molecule has 16 heavy (non-hydrogen) atoms. The minimum atomic E-state index is -0.0837. The van der Waals surface area contributed by atoms with E-state index in [2.05, 4.69) is 15.5 Å². The molecule has 1 heterocycles. The van der Waals surface area contributed by atoms with Crippen molar-refractivity contribution in [1.82, 2.24) is 15.5 Å². The Morgan fingerprint density at radius 2 is 2.12 bits per heavy atom. The van der Waals surface area contributed by atoms with Crippen LogP contribution in [-0.4, -0.2) is 22.6 Å². The van der Waals surface area contributed by atoms with E-state index in [0.717, 1.165) is 5.56 Å². The first kappa shape index (κ1) is 10.4. The van der Waals surface area contributed by atoms with E-state index in [1.165, 1.54) is 6.39 Å². The summed E-state index contributed by atoms with van der Waals surface area (Å²) in [5.74, 6) is 0.363. The van der Waals surface area contributed by atoms with Crippen molar-refractivity contribution in [3.63, 3.8) is 0 Å². The highest BCUT2D eigenvalue weighted by molar-refractivity contribution is 5.94. The lowest BCUT2D eigenvalue weighted by atomic mass is 10.1. The van der Waals surface area contributed by atoms with Crippen molar-refractivity contribution >= 4 is 5.91 Å². The maximum Gasteiger partial charge on any atom is 0.251 e. The van der Waals surface area contributed by atoms with Crippen molar-refractivity contribution in [3.8, 4) is 11.5 Å². The molecule has 1 N–H and O–H groups in total. The van der Waals surface area contributed by atoms with E-state index in [4.69, 9.17) is 4.42 Å². The van der Waals surface area contributed by atoms with E-state index in [0.29, 0.717) is 18.0 Å². The minimum absolute atomic E-state index is 0.0837. The van der Waals surface area contributed by atoms with Crippen LogP contribution in [0.2, 0.25) is 0 Å². The molecule has 0 fully saturated rings. The Balaban J connectivity index is 2.20. The first-order valence-electron chi connectivity index (χ1n) is 4.96. The van der Waals surface area contributed by atoms with Crippen LogP contribution in [-0.2, 0) is 0 Å². The summed E-state index contributed by atoms with van der Waals surface area (Å²) < 4.78 is 5.04. The van der Waals surface area contributed by atoms with Crippen LogP contribution in [0, 0.1) is 0 Å². The van der Waals surface area contributed by atoms with E-state index in [1.54, 1.807) is 24.3 Å². The molecule has 0 saturated carbocycles. The molecular formula is C11H11N3O2. The van der Waals surface area contributed by atoms with E-state index in [-0.39, 0.29) is 5.91 Å². The third-order valence-corrected chi connectivity index (χ3v) is 2.09. The summed E-state index contributed by atoms with van der Waals surface area (Å²) in [6, 6.07) is 7.01. The van der Waals surface area contributed by atoms with Gasteiger partial charge in [-0.2, -0.15) is 0 Å². The molecule has 5 nitrogen and oxygen atoms in total. The molecular weight excluding hydrogens is 206 g/mol. The molecule has 1 aromatic heterocycles. The third-order valence-electron chi connectivity index (χ3n) is 2.09. The molecule has 2 rings (SSSR count). The smallest absolute Gasteiger partial charge is 0.251 e. The zero-order valence-electron chi connectivity index (χ0n) is 8.80. The highest BCUT2D eigenvalue weighted by atomic mass is 16.4. The number of nitrogens with one attached hydrogen (secondary N) is 1. The third kappa shape index (κ3) is 2.08. The molecule has 0 aliphatic heterocycles. The molecule has 0 bridgehead atoms. The van der Waals surface area contributed by atoms with Crippen molar-refractivity contribution < 1.29 is 9.21 Å². The average molecular weight is 217 g/mol. The van der Waals surface area contributed by atoms with Crippen LogP contribution in [0.3, 0.4) is 0 Å². The molecule has 2 aromatic rings. The van der Waals surface area contributed by atoms with E-state index >= 15 is 0 Å². The predicted octanol–water partition coefficient (Wildman–Crippen LogP) is 1.49. The van der Waals surface area contributed by atoms with Crippen LogP contribution < -0.4 is 5.32 Å². The van der Waals surface area contributed by atoms with Crippen molar-refractivity contribution in [2.75, 3.05) is 6.54 Å². The van der Waals surface area contributed by atoms with E-state index in [1.807, 2.05) is 6.92 Å². The zero-order chi connectivity index (χ0) is 11.4. The van der Waals surface area contributed by atoms with Crippen LogP contribution in [0.25, 0.3) is 11.5 Å². The predicted molar refractivity (Wildman–Crippen MR) is 57.7 cm³/mol. The molecule has 0 unspecified atom stereocenters. The Hall–Kier alpha value is -2.17. The van der Waals surface area contributed by atoms with Gasteiger partial charge in [0.25, 0.3) is 5.91 Å². The summed E-state index contributed by atoms with van der Waals surface area (Å²) in [7, 11) is 0. The van der Waals surface area contributed by atoms with Gasteiger partial charge in [-0.25, -0.2) is 0 Å². The van der Waals surface area contributed by atoms with E-state index in [9.17, 15) is 4.79 Å². The Bertz CT molecular complexity index is 462. The van der Waals surface area contributed by atoms with Gasteiger partial charge in [0.05, 0.1) is 0 Å². The maximum atomic E-state index is 11.5. The monoisotopic (exact) mass is 217 g/mol. The first-order valence-corrected chi connectivity index (χ1v) is 4.96. The first-order chi connectivity index (χ1) is 7.81. The fourth-order valence-electron chi connectivity index (χ4n) is 1.33. The molecule has 0 spiro atoms. The zero-order valence-corrected chi connectivity index (χ0v) is 8.80. The second-order valence-corrected chi connectivity index (χ2v) is 3.18. The standard InChI is InChI=1S/C11H11N3O2/c1-2-12-10(15)8-3-5-9(6-4-8)11-14-13-7-16-11/h3-7H,2H2,1H3,(H,12,15). The van der Waals surface area contributed by atoms with Crippen LogP contribution in [0.1, 0.15) is 17.3 Å². The highest BCUT2D eigenvalue weighted by Crippen LogP contribution is 2.16. The summed E-state index contributed by atoms with van der Waals surface area (Å²) in [5, 5.41) is 10.1. The maximum absolute atomic E-state index is 11.5.